The molecule has 0 saturated carbocycles. The summed E-state index contributed by atoms with van der Waals surface area (Å²) in [5.74, 6) is 0.709. The van der Waals surface area contributed by atoms with Crippen molar-refractivity contribution in [1.82, 2.24) is 4.90 Å². The molecule has 0 aromatic carbocycles. The highest BCUT2D eigenvalue weighted by atomic mass is 32.1. The lowest BCUT2D eigenvalue weighted by Gasteiger charge is -2.36. The normalized spacial score (nSPS) is 18.6. The molecule has 5 heteroatoms. The van der Waals surface area contributed by atoms with Gasteiger partial charge in [-0.2, -0.15) is 4.99 Å². The molecule has 0 spiro atoms. The second kappa shape index (κ2) is 5.34. The summed E-state index contributed by atoms with van der Waals surface area (Å²) in [6, 6.07) is 8.25. The number of nitrogens with zero attached hydrogens (tertiary/aromatic N) is 2. The molecule has 22 heavy (non-hydrogen) atoms. The first-order chi connectivity index (χ1) is 10.8. The third kappa shape index (κ3) is 2.17. The summed E-state index contributed by atoms with van der Waals surface area (Å²) in [7, 11) is 0. The van der Waals surface area contributed by atoms with Crippen molar-refractivity contribution >= 4 is 34.4 Å². The highest BCUT2D eigenvalue weighted by Gasteiger charge is 2.49. The fourth-order valence-electron chi connectivity index (χ4n) is 2.99. The predicted molar refractivity (Wildman–Crippen MR) is 91.3 cm³/mol. The molecule has 0 fully saturated rings. The number of aliphatic imine (C=N–C) groups is 1. The molecule has 0 aliphatic carbocycles. The molecule has 0 radical (unpaired) electrons. The standard InChI is InChI=1S/C17H14N2OS2/c20-16-17(11-13-5-3-9-21-13,12-14-6-4-10-22-14)19-8-2-1-7-15(19)18-16/h1-10H,11-12H2. The number of carbonyl (C=O) groups excluding carboxylic acids is 1. The van der Waals surface area contributed by atoms with Crippen LogP contribution in [0.15, 0.2) is 64.4 Å². The van der Waals surface area contributed by atoms with Crippen LogP contribution in [0.4, 0.5) is 0 Å². The Labute approximate surface area is 136 Å². The maximum atomic E-state index is 12.8. The van der Waals surface area contributed by atoms with Gasteiger partial charge in [0.2, 0.25) is 0 Å². The van der Waals surface area contributed by atoms with Crippen LogP contribution < -0.4 is 0 Å². The average molecular weight is 326 g/mol. The molecule has 0 bridgehead atoms. The first-order valence-corrected chi connectivity index (χ1v) is 8.86. The Morgan fingerprint density at radius 1 is 1.05 bits per heavy atom. The van der Waals surface area contributed by atoms with Gasteiger partial charge in [0.25, 0.3) is 5.91 Å². The van der Waals surface area contributed by atoms with E-state index in [4.69, 9.17) is 0 Å². The van der Waals surface area contributed by atoms with Gasteiger partial charge in [-0.3, -0.25) is 4.79 Å². The number of allylic oxidation sites excluding steroid dienone is 2. The van der Waals surface area contributed by atoms with Gasteiger partial charge in [-0.15, -0.1) is 22.7 Å². The SMILES string of the molecule is O=C1N=C2C=CC=CN2C1(Cc1cccs1)Cc1cccs1. The van der Waals surface area contributed by atoms with Gasteiger partial charge in [-0.25, -0.2) is 0 Å². The summed E-state index contributed by atoms with van der Waals surface area (Å²) in [6.07, 6.45) is 9.15. The van der Waals surface area contributed by atoms with Crippen LogP contribution in [0.5, 0.6) is 0 Å². The molecule has 4 heterocycles. The van der Waals surface area contributed by atoms with Crippen LogP contribution in [0.3, 0.4) is 0 Å². The van der Waals surface area contributed by atoms with Gasteiger partial charge in [-0.05, 0) is 35.0 Å². The summed E-state index contributed by atoms with van der Waals surface area (Å²) < 4.78 is 0. The first-order valence-electron chi connectivity index (χ1n) is 7.10. The highest BCUT2D eigenvalue weighted by molar-refractivity contribution is 7.10. The molecule has 0 atom stereocenters. The highest BCUT2D eigenvalue weighted by Crippen LogP contribution is 2.36. The first kappa shape index (κ1) is 13.7. The van der Waals surface area contributed by atoms with Crippen LogP contribution in [0.1, 0.15) is 9.75 Å². The Morgan fingerprint density at radius 2 is 1.73 bits per heavy atom. The van der Waals surface area contributed by atoms with Crippen molar-refractivity contribution in [3.8, 4) is 0 Å². The van der Waals surface area contributed by atoms with Gasteiger partial charge in [0, 0.05) is 28.8 Å². The van der Waals surface area contributed by atoms with Crippen LogP contribution >= 0.6 is 22.7 Å². The quantitative estimate of drug-likeness (QED) is 0.859. The fourth-order valence-corrected chi connectivity index (χ4v) is 4.61. The number of hydrogen-bond donors (Lipinski definition) is 0. The van der Waals surface area contributed by atoms with Crippen LogP contribution in [0.2, 0.25) is 0 Å². The van der Waals surface area contributed by atoms with Crippen molar-refractivity contribution in [2.75, 3.05) is 0 Å². The van der Waals surface area contributed by atoms with E-state index in [0.29, 0.717) is 12.8 Å². The Bertz CT molecular complexity index is 733. The Balaban J connectivity index is 1.77. The van der Waals surface area contributed by atoms with Crippen LogP contribution in [-0.2, 0) is 17.6 Å². The monoisotopic (exact) mass is 326 g/mol. The zero-order valence-corrected chi connectivity index (χ0v) is 13.4. The summed E-state index contributed by atoms with van der Waals surface area (Å²) in [5.41, 5.74) is -0.633. The number of amidine groups is 1. The molecule has 2 aromatic rings. The van der Waals surface area contributed by atoms with Crippen LogP contribution in [0, 0.1) is 0 Å². The van der Waals surface area contributed by atoms with E-state index >= 15 is 0 Å². The third-order valence-electron chi connectivity index (χ3n) is 4.01. The van der Waals surface area contributed by atoms with E-state index in [1.54, 1.807) is 22.7 Å². The molecule has 2 aliphatic rings. The fraction of sp³-hybridized carbons (Fsp3) is 0.176. The molecule has 0 N–H and O–H groups in total. The minimum Gasteiger partial charge on any atom is -0.317 e. The van der Waals surface area contributed by atoms with E-state index in [0.717, 1.165) is 5.84 Å². The number of hydrogen-bond acceptors (Lipinski definition) is 4. The van der Waals surface area contributed by atoms with Crippen molar-refractivity contribution in [2.45, 2.75) is 18.4 Å². The molecule has 0 unspecified atom stereocenters. The summed E-state index contributed by atoms with van der Waals surface area (Å²) >= 11 is 3.39. The lowest BCUT2D eigenvalue weighted by molar-refractivity contribution is -0.124. The average Bonchev–Trinajstić information content (AvgIpc) is 3.24. The van der Waals surface area contributed by atoms with E-state index in [1.807, 2.05) is 36.6 Å². The number of fused-ring (bicyclic) bond motifs is 1. The number of carbonyl (C=O) groups is 1. The van der Waals surface area contributed by atoms with E-state index in [2.05, 4.69) is 32.8 Å². The Morgan fingerprint density at radius 3 is 2.32 bits per heavy atom. The van der Waals surface area contributed by atoms with Gasteiger partial charge >= 0.3 is 0 Å². The maximum Gasteiger partial charge on any atom is 0.274 e. The van der Waals surface area contributed by atoms with Crippen molar-refractivity contribution < 1.29 is 4.79 Å². The maximum absolute atomic E-state index is 12.8. The van der Waals surface area contributed by atoms with Gasteiger partial charge in [0.05, 0.1) is 0 Å². The Kier molecular flexibility index (Phi) is 3.32. The van der Waals surface area contributed by atoms with Gasteiger partial charge in [0.1, 0.15) is 11.4 Å². The van der Waals surface area contributed by atoms with Crippen LogP contribution in [0.25, 0.3) is 0 Å². The van der Waals surface area contributed by atoms with Crippen molar-refractivity contribution in [2.24, 2.45) is 4.99 Å². The van der Waals surface area contributed by atoms with E-state index < -0.39 is 5.54 Å². The van der Waals surface area contributed by atoms with Gasteiger partial charge in [-0.1, -0.05) is 18.2 Å². The zero-order valence-electron chi connectivity index (χ0n) is 11.8. The van der Waals surface area contributed by atoms with E-state index in [1.165, 1.54) is 9.75 Å². The van der Waals surface area contributed by atoms with E-state index in [-0.39, 0.29) is 5.91 Å². The molecular formula is C17H14N2OS2. The molecule has 2 aromatic heterocycles. The summed E-state index contributed by atoms with van der Waals surface area (Å²) in [5, 5.41) is 4.11. The molecule has 4 rings (SSSR count). The minimum atomic E-state index is -0.633. The predicted octanol–water partition coefficient (Wildman–Crippen LogP) is 3.66. The topological polar surface area (TPSA) is 32.7 Å². The number of amides is 1. The minimum absolute atomic E-state index is 0.0412. The molecule has 110 valence electrons. The lowest BCUT2D eigenvalue weighted by atomic mass is 9.87. The number of thiophene rings is 2. The molecular weight excluding hydrogens is 312 g/mol. The van der Waals surface area contributed by atoms with Crippen LogP contribution in [-0.4, -0.2) is 22.2 Å². The second-order valence-corrected chi connectivity index (χ2v) is 7.45. The largest absolute Gasteiger partial charge is 0.317 e. The van der Waals surface area contributed by atoms with Crippen molar-refractivity contribution in [1.29, 1.82) is 0 Å². The van der Waals surface area contributed by atoms with Crippen molar-refractivity contribution in [3.05, 3.63) is 69.2 Å². The Hall–Kier alpha value is -1.98. The smallest absolute Gasteiger partial charge is 0.274 e. The zero-order chi connectivity index (χ0) is 15.0. The van der Waals surface area contributed by atoms with E-state index in [9.17, 15) is 4.79 Å². The molecule has 2 aliphatic heterocycles. The van der Waals surface area contributed by atoms with Gasteiger partial charge < -0.3 is 4.90 Å². The molecule has 3 nitrogen and oxygen atoms in total. The van der Waals surface area contributed by atoms with Gasteiger partial charge in [0.15, 0.2) is 0 Å². The molecule has 0 saturated heterocycles. The second-order valence-electron chi connectivity index (χ2n) is 5.39. The molecule has 1 amide bonds. The third-order valence-corrected chi connectivity index (χ3v) is 5.76. The summed E-state index contributed by atoms with van der Waals surface area (Å²) in [4.78, 5) is 21.6. The number of rotatable bonds is 4. The van der Waals surface area contributed by atoms with Crippen molar-refractivity contribution in [3.63, 3.8) is 0 Å². The lowest BCUT2D eigenvalue weighted by Crippen LogP contribution is -2.52. The summed E-state index contributed by atoms with van der Waals surface area (Å²) in [6.45, 7) is 0.